The maximum absolute atomic E-state index is 13.3. The van der Waals surface area contributed by atoms with E-state index in [1.165, 1.54) is 42.8 Å². The monoisotopic (exact) mass is 400 g/mol. The van der Waals surface area contributed by atoms with Crippen LogP contribution in [0.1, 0.15) is 22.3 Å². The number of nitrogens with zero attached hydrogens (tertiary/aromatic N) is 2. The largest absolute Gasteiger partial charge is 0.493 e. The van der Waals surface area contributed by atoms with E-state index in [0.29, 0.717) is 11.5 Å². The highest BCUT2D eigenvalue weighted by molar-refractivity contribution is 7.92. The number of carbonyl (C=O) groups is 1. The van der Waals surface area contributed by atoms with Gasteiger partial charge in [0, 0.05) is 18.2 Å². The summed E-state index contributed by atoms with van der Waals surface area (Å²) in [5.74, 6) is -0.774. The average molecular weight is 400 g/mol. The molecule has 0 N–H and O–H groups in total. The maximum atomic E-state index is 13.3. The van der Waals surface area contributed by atoms with E-state index in [4.69, 9.17) is 9.47 Å². The summed E-state index contributed by atoms with van der Waals surface area (Å²) in [5, 5.41) is 9.38. The molecule has 0 aromatic heterocycles. The van der Waals surface area contributed by atoms with Gasteiger partial charge in [-0.15, -0.1) is 0 Å². The Balaban J connectivity index is 2.24. The number of hydrogen-bond acceptors (Lipinski definition) is 6. The summed E-state index contributed by atoms with van der Waals surface area (Å²) >= 11 is 0. The molecule has 0 bridgehead atoms. The number of hydrogen-bond donors (Lipinski definition) is 0. The maximum Gasteiger partial charge on any atom is 0.264 e. The number of anilines is 1. The zero-order valence-corrected chi connectivity index (χ0v) is 16.6. The standard InChI is InChI=1S/C20H20N2O5S/c1-13-4-6-15(7-5-13)28(24,25)22-9-8-14(12-21)20(23)16-10-18(26-2)19(27-3)11-17(16)22/h4-7,10-11,14H,8-9H2,1-3H3. The lowest BCUT2D eigenvalue weighted by Gasteiger charge is -2.25. The molecule has 0 saturated heterocycles. The fraction of sp³-hybridized carbons (Fsp3) is 0.300. The number of methoxy groups -OCH3 is 2. The highest BCUT2D eigenvalue weighted by Gasteiger charge is 2.36. The Morgan fingerprint density at radius 3 is 2.29 bits per heavy atom. The van der Waals surface area contributed by atoms with E-state index >= 15 is 0 Å². The molecule has 1 aliphatic rings. The first-order valence-corrected chi connectivity index (χ1v) is 10.1. The van der Waals surface area contributed by atoms with Crippen molar-refractivity contribution in [2.24, 2.45) is 5.92 Å². The SMILES string of the molecule is COc1cc2c(cc1OC)N(S(=O)(=O)c1ccc(C)cc1)CCC(C#N)C2=O. The van der Waals surface area contributed by atoms with E-state index < -0.39 is 21.7 Å². The van der Waals surface area contributed by atoms with Gasteiger partial charge in [-0.3, -0.25) is 9.10 Å². The van der Waals surface area contributed by atoms with Crippen molar-refractivity contribution in [1.82, 2.24) is 0 Å². The molecular formula is C20H20N2O5S. The van der Waals surface area contributed by atoms with Gasteiger partial charge < -0.3 is 9.47 Å². The normalized spacial score (nSPS) is 16.7. The molecule has 0 amide bonds. The van der Waals surface area contributed by atoms with Crippen molar-refractivity contribution in [3.05, 3.63) is 47.5 Å². The molecule has 3 rings (SSSR count). The second-order valence-electron chi connectivity index (χ2n) is 6.45. The van der Waals surface area contributed by atoms with Crippen LogP contribution in [0.4, 0.5) is 5.69 Å². The fourth-order valence-corrected chi connectivity index (χ4v) is 4.66. The Kier molecular flexibility index (Phi) is 5.29. The molecule has 7 nitrogen and oxygen atoms in total. The van der Waals surface area contributed by atoms with Gasteiger partial charge in [-0.2, -0.15) is 5.26 Å². The zero-order valence-electron chi connectivity index (χ0n) is 15.8. The molecule has 28 heavy (non-hydrogen) atoms. The van der Waals surface area contributed by atoms with E-state index in [1.807, 2.05) is 13.0 Å². The topological polar surface area (TPSA) is 96.7 Å². The van der Waals surface area contributed by atoms with Gasteiger partial charge in [0.05, 0.1) is 30.9 Å². The van der Waals surface area contributed by atoms with Crippen LogP contribution in [0.2, 0.25) is 0 Å². The van der Waals surface area contributed by atoms with Gasteiger partial charge >= 0.3 is 0 Å². The molecule has 8 heteroatoms. The molecule has 1 unspecified atom stereocenters. The number of ketones is 1. The van der Waals surface area contributed by atoms with Gasteiger partial charge in [0.25, 0.3) is 10.0 Å². The average Bonchev–Trinajstić information content (AvgIpc) is 2.83. The van der Waals surface area contributed by atoms with Crippen molar-refractivity contribution in [3.8, 4) is 17.6 Å². The van der Waals surface area contributed by atoms with Gasteiger partial charge in [0.2, 0.25) is 0 Å². The van der Waals surface area contributed by atoms with Crippen molar-refractivity contribution >= 4 is 21.5 Å². The molecule has 146 valence electrons. The number of rotatable bonds is 4. The van der Waals surface area contributed by atoms with Crippen molar-refractivity contribution in [2.45, 2.75) is 18.2 Å². The van der Waals surface area contributed by atoms with Crippen LogP contribution in [0, 0.1) is 24.2 Å². The van der Waals surface area contributed by atoms with Crippen LogP contribution >= 0.6 is 0 Å². The number of fused-ring (bicyclic) bond motifs is 1. The van der Waals surface area contributed by atoms with Gasteiger partial charge in [-0.1, -0.05) is 17.7 Å². The van der Waals surface area contributed by atoms with Gasteiger partial charge in [0.1, 0.15) is 5.92 Å². The van der Waals surface area contributed by atoms with Crippen molar-refractivity contribution < 1.29 is 22.7 Å². The summed E-state index contributed by atoms with van der Waals surface area (Å²) < 4.78 is 38.4. The van der Waals surface area contributed by atoms with E-state index in [-0.39, 0.29) is 29.1 Å². The Morgan fingerprint density at radius 2 is 1.71 bits per heavy atom. The van der Waals surface area contributed by atoms with Crippen molar-refractivity contribution in [2.75, 3.05) is 25.1 Å². The number of Topliss-reactive ketones (excluding diaryl/α,β-unsaturated/α-hetero) is 1. The Bertz CT molecular complexity index is 1060. The molecule has 0 saturated carbocycles. The Hall–Kier alpha value is -3.05. The van der Waals surface area contributed by atoms with E-state index in [0.717, 1.165) is 5.56 Å². The summed E-state index contributed by atoms with van der Waals surface area (Å²) in [4.78, 5) is 13.0. The number of carbonyl (C=O) groups excluding carboxylic acids is 1. The molecule has 0 aliphatic carbocycles. The quantitative estimate of drug-likeness (QED) is 0.783. The van der Waals surface area contributed by atoms with Crippen LogP contribution in [-0.4, -0.2) is 35.0 Å². The molecule has 0 spiro atoms. The van der Waals surface area contributed by atoms with Crippen LogP contribution in [0.25, 0.3) is 0 Å². The second-order valence-corrected chi connectivity index (χ2v) is 8.31. The molecule has 2 aromatic carbocycles. The number of aryl methyl sites for hydroxylation is 1. The molecular weight excluding hydrogens is 380 g/mol. The number of sulfonamides is 1. The van der Waals surface area contributed by atoms with Gasteiger partial charge in [0.15, 0.2) is 17.3 Å². The minimum absolute atomic E-state index is 0.00264. The molecule has 0 fully saturated rings. The predicted octanol–water partition coefficient (Wildman–Crippen LogP) is 2.93. The van der Waals surface area contributed by atoms with Crippen LogP contribution < -0.4 is 13.8 Å². The number of nitriles is 1. The first-order valence-electron chi connectivity index (χ1n) is 8.62. The lowest BCUT2D eigenvalue weighted by Crippen LogP contribution is -2.32. The first-order chi connectivity index (χ1) is 13.3. The van der Waals surface area contributed by atoms with Gasteiger partial charge in [-0.05, 0) is 31.5 Å². The lowest BCUT2D eigenvalue weighted by molar-refractivity contribution is 0.0948. The smallest absolute Gasteiger partial charge is 0.264 e. The highest BCUT2D eigenvalue weighted by atomic mass is 32.2. The summed E-state index contributed by atoms with van der Waals surface area (Å²) in [5.41, 5.74) is 1.24. The minimum atomic E-state index is -3.94. The summed E-state index contributed by atoms with van der Waals surface area (Å²) in [7, 11) is -1.08. The Morgan fingerprint density at radius 1 is 1.11 bits per heavy atom. The summed E-state index contributed by atoms with van der Waals surface area (Å²) in [6.07, 6.45) is 0.0970. The van der Waals surface area contributed by atoms with Crippen LogP contribution in [0.5, 0.6) is 11.5 Å². The third-order valence-electron chi connectivity index (χ3n) is 4.74. The summed E-state index contributed by atoms with van der Waals surface area (Å²) in [6.45, 7) is 1.87. The van der Waals surface area contributed by atoms with Crippen molar-refractivity contribution in [1.29, 1.82) is 5.26 Å². The van der Waals surface area contributed by atoms with Gasteiger partial charge in [-0.25, -0.2) is 8.42 Å². The summed E-state index contributed by atoms with van der Waals surface area (Å²) in [6, 6.07) is 11.4. The van der Waals surface area contributed by atoms with Crippen LogP contribution in [-0.2, 0) is 10.0 Å². The van der Waals surface area contributed by atoms with E-state index in [1.54, 1.807) is 12.1 Å². The number of ether oxygens (including phenoxy) is 2. The Labute approximate surface area is 164 Å². The van der Waals surface area contributed by atoms with Crippen molar-refractivity contribution in [3.63, 3.8) is 0 Å². The fourth-order valence-electron chi connectivity index (χ4n) is 3.17. The van der Waals surface area contributed by atoms with E-state index in [2.05, 4.69) is 0 Å². The minimum Gasteiger partial charge on any atom is -0.493 e. The molecule has 2 aromatic rings. The molecule has 1 aliphatic heterocycles. The second kappa shape index (κ2) is 7.52. The molecule has 1 atom stereocenters. The molecule has 0 radical (unpaired) electrons. The zero-order chi connectivity index (χ0) is 20.5. The molecule has 1 heterocycles. The van der Waals surface area contributed by atoms with Crippen LogP contribution in [0.3, 0.4) is 0 Å². The highest BCUT2D eigenvalue weighted by Crippen LogP contribution is 2.40. The number of benzene rings is 2. The third kappa shape index (κ3) is 3.29. The predicted molar refractivity (Wildman–Crippen MR) is 103 cm³/mol. The first kappa shape index (κ1) is 19.7. The third-order valence-corrected chi connectivity index (χ3v) is 6.57. The van der Waals surface area contributed by atoms with E-state index in [9.17, 15) is 18.5 Å². The lowest BCUT2D eigenvalue weighted by atomic mass is 9.96. The van der Waals surface area contributed by atoms with Crippen LogP contribution in [0.15, 0.2) is 41.3 Å².